The first-order valence-electron chi connectivity index (χ1n) is 14.1. The summed E-state index contributed by atoms with van der Waals surface area (Å²) in [4.78, 5) is 64.0. The standard InChI is InChI=1S/C32H43N3O8/c1-9-20(2)18-26(36)43-42-24-16-14-21(15-17-24)27(37)25(19-40-31(3,4)5)34-29(38)23-12-10-22(11-13-23)28(33)35-30(39)41-32(6,7)8/h10-17,20,25H,9,18-19H2,1-8H3,(H,34,38)(H2,33,35,39). The van der Waals surface area contributed by atoms with E-state index in [1.807, 2.05) is 34.6 Å². The van der Waals surface area contributed by atoms with Crippen LogP contribution >= 0.6 is 0 Å². The SMILES string of the molecule is CCC(C)CC(=O)OOc1ccc(C(=O)C(COC(C)(C)C)NC(=O)c2ccc(/C(N)=N\C(=O)OC(C)(C)C)cc2)cc1. The maximum absolute atomic E-state index is 13.4. The van der Waals surface area contributed by atoms with E-state index in [1.165, 1.54) is 48.5 Å². The van der Waals surface area contributed by atoms with Gasteiger partial charge in [0.2, 0.25) is 0 Å². The molecule has 234 valence electrons. The van der Waals surface area contributed by atoms with E-state index < -0.39 is 35.2 Å². The van der Waals surface area contributed by atoms with Crippen molar-refractivity contribution in [3.05, 3.63) is 65.2 Å². The number of hydrogen-bond acceptors (Lipinski definition) is 8. The van der Waals surface area contributed by atoms with Gasteiger partial charge in [0.1, 0.15) is 17.5 Å². The van der Waals surface area contributed by atoms with Gasteiger partial charge in [-0.25, -0.2) is 9.59 Å². The largest absolute Gasteiger partial charge is 0.442 e. The molecule has 11 nitrogen and oxygen atoms in total. The number of carbonyl (C=O) groups is 4. The van der Waals surface area contributed by atoms with Gasteiger partial charge in [-0.05, 0) is 83.9 Å². The quantitative estimate of drug-likeness (QED) is 0.108. The Morgan fingerprint density at radius 3 is 1.95 bits per heavy atom. The minimum absolute atomic E-state index is 0.0643. The number of carbonyl (C=O) groups excluding carboxylic acids is 4. The summed E-state index contributed by atoms with van der Waals surface area (Å²) >= 11 is 0. The van der Waals surface area contributed by atoms with Gasteiger partial charge in [-0.3, -0.25) is 19.4 Å². The van der Waals surface area contributed by atoms with Crippen LogP contribution in [0.5, 0.6) is 5.75 Å². The number of nitrogens with one attached hydrogen (secondary N) is 1. The number of amides is 2. The van der Waals surface area contributed by atoms with E-state index in [4.69, 9.17) is 25.0 Å². The van der Waals surface area contributed by atoms with Crippen LogP contribution < -0.4 is 15.9 Å². The van der Waals surface area contributed by atoms with Crippen LogP contribution in [0, 0.1) is 5.92 Å². The van der Waals surface area contributed by atoms with Gasteiger partial charge in [0.25, 0.3) is 5.91 Å². The van der Waals surface area contributed by atoms with Crippen molar-refractivity contribution in [3.8, 4) is 5.75 Å². The Hall–Kier alpha value is -4.25. The van der Waals surface area contributed by atoms with Crippen LogP contribution in [0.2, 0.25) is 0 Å². The van der Waals surface area contributed by atoms with Crippen molar-refractivity contribution in [2.75, 3.05) is 6.61 Å². The van der Waals surface area contributed by atoms with Crippen LogP contribution in [0.15, 0.2) is 53.5 Å². The minimum atomic E-state index is -1.01. The molecular weight excluding hydrogens is 554 g/mol. The number of nitrogens with zero attached hydrogens (tertiary/aromatic N) is 1. The van der Waals surface area contributed by atoms with Gasteiger partial charge >= 0.3 is 12.1 Å². The van der Waals surface area contributed by atoms with Crippen molar-refractivity contribution in [3.63, 3.8) is 0 Å². The molecule has 0 radical (unpaired) electrons. The maximum atomic E-state index is 13.4. The second-order valence-electron chi connectivity index (χ2n) is 12.1. The molecule has 3 N–H and O–H groups in total. The first-order valence-corrected chi connectivity index (χ1v) is 14.1. The van der Waals surface area contributed by atoms with E-state index in [0.717, 1.165) is 6.42 Å². The number of aliphatic imine (C=N–C) groups is 1. The number of nitrogens with two attached hydrogens (primary N) is 1. The highest BCUT2D eigenvalue weighted by Crippen LogP contribution is 2.17. The van der Waals surface area contributed by atoms with E-state index in [0.29, 0.717) is 11.1 Å². The Morgan fingerprint density at radius 1 is 0.860 bits per heavy atom. The zero-order valence-electron chi connectivity index (χ0n) is 26.2. The molecular formula is C32H43N3O8. The molecule has 2 rings (SSSR count). The lowest BCUT2D eigenvalue weighted by molar-refractivity contribution is -0.214. The lowest BCUT2D eigenvalue weighted by Gasteiger charge is -2.24. The minimum Gasteiger partial charge on any atom is -0.442 e. The summed E-state index contributed by atoms with van der Waals surface area (Å²) in [7, 11) is 0. The Bertz CT molecular complexity index is 1290. The van der Waals surface area contributed by atoms with Crippen molar-refractivity contribution in [1.82, 2.24) is 5.32 Å². The van der Waals surface area contributed by atoms with Gasteiger partial charge in [0.15, 0.2) is 11.5 Å². The molecule has 0 aliphatic rings. The van der Waals surface area contributed by atoms with E-state index in [2.05, 4.69) is 10.3 Å². The molecule has 43 heavy (non-hydrogen) atoms. The van der Waals surface area contributed by atoms with Gasteiger partial charge in [-0.2, -0.15) is 4.99 Å². The molecule has 0 saturated carbocycles. The number of benzene rings is 2. The molecule has 0 aromatic heterocycles. The van der Waals surface area contributed by atoms with E-state index in [1.54, 1.807) is 20.8 Å². The number of Topliss-reactive ketones (excluding diaryl/α,β-unsaturated/α-hetero) is 1. The van der Waals surface area contributed by atoms with Crippen LogP contribution in [-0.4, -0.2) is 53.4 Å². The third-order valence-corrected chi connectivity index (χ3v) is 5.93. The lowest BCUT2D eigenvalue weighted by atomic mass is 10.0. The zero-order chi connectivity index (χ0) is 32.4. The predicted octanol–water partition coefficient (Wildman–Crippen LogP) is 5.40. The fraction of sp³-hybridized carbons (Fsp3) is 0.469. The van der Waals surface area contributed by atoms with Crippen LogP contribution in [0.25, 0.3) is 0 Å². The van der Waals surface area contributed by atoms with Crippen LogP contribution in [0.4, 0.5) is 4.79 Å². The highest BCUT2D eigenvalue weighted by molar-refractivity contribution is 6.06. The van der Waals surface area contributed by atoms with E-state index in [-0.39, 0.29) is 41.9 Å². The van der Waals surface area contributed by atoms with Gasteiger partial charge in [-0.15, -0.1) is 0 Å². The average Bonchev–Trinajstić information content (AvgIpc) is 2.92. The summed E-state index contributed by atoms with van der Waals surface area (Å²) in [5.74, 6) is -1.03. The molecule has 2 aromatic carbocycles. The van der Waals surface area contributed by atoms with E-state index >= 15 is 0 Å². The zero-order valence-corrected chi connectivity index (χ0v) is 26.2. The molecule has 0 saturated heterocycles. The van der Waals surface area contributed by atoms with Gasteiger partial charge in [-0.1, -0.05) is 32.4 Å². The molecule has 0 aliphatic carbocycles. The number of ether oxygens (including phenoxy) is 2. The van der Waals surface area contributed by atoms with Crippen LogP contribution in [-0.2, 0) is 19.2 Å². The number of rotatable bonds is 12. The molecule has 0 bridgehead atoms. The number of amidine groups is 1. The smallest absolute Gasteiger partial charge is 0.436 e. The molecule has 2 unspecified atom stereocenters. The monoisotopic (exact) mass is 597 g/mol. The second kappa shape index (κ2) is 15.3. The third-order valence-electron chi connectivity index (χ3n) is 5.93. The van der Waals surface area contributed by atoms with Gasteiger partial charge in [0, 0.05) is 16.7 Å². The van der Waals surface area contributed by atoms with Crippen LogP contribution in [0.1, 0.15) is 94.5 Å². The van der Waals surface area contributed by atoms with Gasteiger partial charge in [0.05, 0.1) is 18.6 Å². The molecule has 2 atom stereocenters. The summed E-state index contributed by atoms with van der Waals surface area (Å²) in [6, 6.07) is 11.1. The molecule has 0 heterocycles. The molecule has 2 aromatic rings. The van der Waals surface area contributed by atoms with Crippen molar-refractivity contribution in [2.45, 2.75) is 85.5 Å². The average molecular weight is 598 g/mol. The van der Waals surface area contributed by atoms with Crippen molar-refractivity contribution >= 4 is 29.6 Å². The Morgan fingerprint density at radius 2 is 1.42 bits per heavy atom. The van der Waals surface area contributed by atoms with Crippen molar-refractivity contribution < 1.29 is 38.4 Å². The lowest BCUT2D eigenvalue weighted by Crippen LogP contribution is -2.45. The molecule has 0 fully saturated rings. The Kier molecular flexibility index (Phi) is 12.4. The van der Waals surface area contributed by atoms with Crippen LogP contribution in [0.3, 0.4) is 0 Å². The molecule has 0 aliphatic heterocycles. The molecule has 0 spiro atoms. The topological polar surface area (TPSA) is 156 Å². The summed E-state index contributed by atoms with van der Waals surface area (Å²) < 4.78 is 11.0. The molecule has 2 amide bonds. The number of hydrogen-bond donors (Lipinski definition) is 2. The summed E-state index contributed by atoms with van der Waals surface area (Å²) in [6.07, 6.45) is 0.250. The maximum Gasteiger partial charge on any atom is 0.436 e. The van der Waals surface area contributed by atoms with Crippen molar-refractivity contribution in [2.24, 2.45) is 16.6 Å². The second-order valence-corrected chi connectivity index (χ2v) is 12.1. The van der Waals surface area contributed by atoms with E-state index in [9.17, 15) is 19.2 Å². The number of ketones is 1. The Balaban J connectivity index is 2.13. The first kappa shape index (κ1) is 34.9. The first-order chi connectivity index (χ1) is 20.0. The fourth-order valence-corrected chi connectivity index (χ4v) is 3.43. The summed E-state index contributed by atoms with van der Waals surface area (Å²) in [6.45, 7) is 14.5. The van der Waals surface area contributed by atoms with Crippen molar-refractivity contribution in [1.29, 1.82) is 0 Å². The Labute approximate surface area is 253 Å². The summed E-state index contributed by atoms with van der Waals surface area (Å²) in [5, 5.41) is 2.74. The third kappa shape index (κ3) is 12.7. The molecule has 11 heteroatoms. The fourth-order valence-electron chi connectivity index (χ4n) is 3.43. The summed E-state index contributed by atoms with van der Waals surface area (Å²) in [5.41, 5.74) is 5.61. The highest BCUT2D eigenvalue weighted by Gasteiger charge is 2.26. The van der Waals surface area contributed by atoms with Gasteiger partial charge < -0.3 is 20.5 Å². The highest BCUT2D eigenvalue weighted by atomic mass is 17.2. The normalized spacial score (nSPS) is 13.4. The predicted molar refractivity (Wildman–Crippen MR) is 162 cm³/mol.